The van der Waals surface area contributed by atoms with E-state index in [9.17, 15) is 9.90 Å². The Morgan fingerprint density at radius 2 is 1.85 bits per heavy atom. The molecule has 1 aromatic heterocycles. The van der Waals surface area contributed by atoms with E-state index in [0.717, 1.165) is 49.1 Å². The van der Waals surface area contributed by atoms with Crippen molar-refractivity contribution >= 4 is 5.97 Å². The Morgan fingerprint density at radius 3 is 2.45 bits per heavy atom. The van der Waals surface area contributed by atoms with Crippen molar-refractivity contribution in [3.8, 4) is 11.5 Å². The summed E-state index contributed by atoms with van der Waals surface area (Å²) in [5.74, 6) is 1.94. The molecule has 2 aromatic rings. The molecule has 3 rings (SSSR count). The van der Waals surface area contributed by atoms with Crippen LogP contribution in [0.15, 0.2) is 28.7 Å². The number of nitrogens with zero attached hydrogens (tertiary/aromatic N) is 1. The van der Waals surface area contributed by atoms with Crippen LogP contribution in [0.1, 0.15) is 83.2 Å². The summed E-state index contributed by atoms with van der Waals surface area (Å²) in [5.41, 5.74) is 2.02. The maximum Gasteiger partial charge on any atom is 0.335 e. The van der Waals surface area contributed by atoms with Gasteiger partial charge in [0.2, 0.25) is 5.89 Å². The molecule has 1 aromatic carbocycles. The highest BCUT2D eigenvalue weighted by Crippen LogP contribution is 2.31. The third kappa shape index (κ3) is 6.90. The highest BCUT2D eigenvalue weighted by molar-refractivity contribution is 5.76. The Hall–Kier alpha value is -2.18. The average Bonchev–Trinajstić information content (AvgIpc) is 3.21. The van der Waals surface area contributed by atoms with Gasteiger partial charge in [0.25, 0.3) is 0 Å². The van der Waals surface area contributed by atoms with Crippen LogP contribution in [0.3, 0.4) is 0 Å². The molecule has 0 unspecified atom stereocenters. The van der Waals surface area contributed by atoms with Gasteiger partial charge in [0, 0.05) is 18.6 Å². The Balaban J connectivity index is 1.52. The topological polar surface area (TPSA) is 81.8 Å². The number of carboxylic acids is 1. The van der Waals surface area contributed by atoms with Crippen molar-refractivity contribution in [2.75, 3.05) is 13.2 Å². The van der Waals surface area contributed by atoms with Crippen LogP contribution in [0, 0.1) is 11.8 Å². The number of hydrogen-bond donors (Lipinski definition) is 1. The predicted octanol–water partition coefficient (Wildman–Crippen LogP) is 6.23. The van der Waals surface area contributed by atoms with Gasteiger partial charge < -0.3 is 19.0 Å². The third-order valence-corrected chi connectivity index (χ3v) is 6.60. The van der Waals surface area contributed by atoms with E-state index in [0.29, 0.717) is 43.5 Å². The molecule has 0 aliphatic heterocycles. The summed E-state index contributed by atoms with van der Waals surface area (Å²) in [7, 11) is 0. The lowest BCUT2D eigenvalue weighted by atomic mass is 9.82. The molecule has 0 spiro atoms. The highest BCUT2D eigenvalue weighted by atomic mass is 16.5. The van der Waals surface area contributed by atoms with E-state index in [4.69, 9.17) is 18.9 Å². The van der Waals surface area contributed by atoms with Gasteiger partial charge in [-0.15, -0.1) is 0 Å². The van der Waals surface area contributed by atoms with Gasteiger partial charge in [-0.1, -0.05) is 39.3 Å². The molecule has 1 saturated carbocycles. The summed E-state index contributed by atoms with van der Waals surface area (Å²) in [6, 6.07) is 8.40. The molecule has 1 N–H and O–H groups in total. The van der Waals surface area contributed by atoms with Crippen molar-refractivity contribution in [3.63, 3.8) is 0 Å². The molecule has 1 heterocycles. The number of carbonyl (C=O) groups is 1. The standard InChI is InChI=1S/C27H39NO5/c1-6-24-23(28-25(33-24)22-12-10-21(11-13-22)18(2)3)17-31-15-19-8-7-9-20(14-19)16-32-27(4,5)26(29)30/h10-13,18-20H,6-9,14-17H2,1-5H3,(H,29,30)/t19-,20+/m0/s1. The minimum absolute atomic E-state index is 0.379. The summed E-state index contributed by atoms with van der Waals surface area (Å²) in [5, 5.41) is 9.24. The smallest absolute Gasteiger partial charge is 0.335 e. The van der Waals surface area contributed by atoms with Crippen LogP contribution in [-0.4, -0.2) is 34.9 Å². The molecule has 0 bridgehead atoms. The van der Waals surface area contributed by atoms with Gasteiger partial charge in [0.05, 0.1) is 13.2 Å². The lowest BCUT2D eigenvalue weighted by Gasteiger charge is -2.31. The first kappa shape index (κ1) is 25.4. The average molecular weight is 458 g/mol. The van der Waals surface area contributed by atoms with E-state index in [1.54, 1.807) is 13.8 Å². The van der Waals surface area contributed by atoms with Crippen molar-refractivity contribution in [2.45, 2.75) is 84.8 Å². The summed E-state index contributed by atoms with van der Waals surface area (Å²) >= 11 is 0. The SMILES string of the molecule is CCc1oc(-c2ccc(C(C)C)cc2)nc1COC[C@H]1CCC[C@@H](COC(C)(C)C(=O)O)C1. The number of hydrogen-bond acceptors (Lipinski definition) is 5. The van der Waals surface area contributed by atoms with Gasteiger partial charge >= 0.3 is 5.97 Å². The largest absolute Gasteiger partial charge is 0.479 e. The van der Waals surface area contributed by atoms with E-state index in [-0.39, 0.29) is 0 Å². The number of ether oxygens (including phenoxy) is 2. The van der Waals surface area contributed by atoms with Gasteiger partial charge in [0.1, 0.15) is 11.5 Å². The molecule has 1 aliphatic carbocycles. The maximum atomic E-state index is 11.3. The third-order valence-electron chi connectivity index (χ3n) is 6.60. The lowest BCUT2D eigenvalue weighted by Crippen LogP contribution is -2.37. The molecular formula is C27H39NO5. The molecule has 1 aliphatic rings. The summed E-state index contributed by atoms with van der Waals surface area (Å²) in [6.07, 6.45) is 5.11. The zero-order chi connectivity index (χ0) is 24.0. The van der Waals surface area contributed by atoms with E-state index >= 15 is 0 Å². The van der Waals surface area contributed by atoms with Gasteiger partial charge in [-0.25, -0.2) is 9.78 Å². The van der Waals surface area contributed by atoms with Crippen molar-refractivity contribution in [1.29, 1.82) is 0 Å². The second-order valence-corrected chi connectivity index (χ2v) is 10.1. The van der Waals surface area contributed by atoms with Crippen LogP contribution >= 0.6 is 0 Å². The lowest BCUT2D eigenvalue weighted by molar-refractivity contribution is -0.163. The molecule has 6 heteroatoms. The van der Waals surface area contributed by atoms with Gasteiger partial charge in [-0.2, -0.15) is 0 Å². The number of aromatic nitrogens is 1. The number of aliphatic carboxylic acids is 1. The Kier molecular flexibility index (Phi) is 8.71. The van der Waals surface area contributed by atoms with Gasteiger partial charge in [0.15, 0.2) is 5.60 Å². The summed E-state index contributed by atoms with van der Waals surface area (Å²) in [6.45, 7) is 11.3. The fraction of sp³-hybridized carbons (Fsp3) is 0.630. The first-order chi connectivity index (χ1) is 15.7. The minimum atomic E-state index is -1.14. The summed E-state index contributed by atoms with van der Waals surface area (Å²) in [4.78, 5) is 16.0. The minimum Gasteiger partial charge on any atom is -0.479 e. The van der Waals surface area contributed by atoms with Crippen LogP contribution in [-0.2, 0) is 27.3 Å². The molecule has 0 saturated heterocycles. The monoisotopic (exact) mass is 457 g/mol. The second kappa shape index (κ2) is 11.3. The second-order valence-electron chi connectivity index (χ2n) is 10.1. The number of carboxylic acid groups (broad SMARTS) is 1. The van der Waals surface area contributed by atoms with Crippen molar-refractivity contribution in [2.24, 2.45) is 11.8 Å². The van der Waals surface area contributed by atoms with Crippen molar-refractivity contribution < 1.29 is 23.8 Å². The summed E-state index contributed by atoms with van der Waals surface area (Å²) < 4.78 is 17.8. The van der Waals surface area contributed by atoms with E-state index in [1.165, 1.54) is 5.56 Å². The maximum absolute atomic E-state index is 11.3. The molecule has 1 fully saturated rings. The quantitative estimate of drug-likeness (QED) is 0.431. The molecule has 182 valence electrons. The molecule has 0 amide bonds. The molecule has 6 nitrogen and oxygen atoms in total. The first-order valence-electron chi connectivity index (χ1n) is 12.2. The van der Waals surface area contributed by atoms with Crippen LogP contribution in [0.5, 0.6) is 0 Å². The normalized spacial score (nSPS) is 19.2. The molecule has 2 atom stereocenters. The van der Waals surface area contributed by atoms with Crippen LogP contribution in [0.4, 0.5) is 0 Å². The van der Waals surface area contributed by atoms with Gasteiger partial charge in [-0.3, -0.25) is 0 Å². The zero-order valence-electron chi connectivity index (χ0n) is 20.7. The predicted molar refractivity (Wildman–Crippen MR) is 128 cm³/mol. The van der Waals surface area contributed by atoms with Crippen LogP contribution in [0.2, 0.25) is 0 Å². The van der Waals surface area contributed by atoms with Crippen molar-refractivity contribution in [3.05, 3.63) is 41.3 Å². The number of rotatable bonds is 11. The Labute approximate surface area is 197 Å². The highest BCUT2D eigenvalue weighted by Gasteiger charge is 2.30. The molecular weight excluding hydrogens is 418 g/mol. The van der Waals surface area contributed by atoms with E-state index in [2.05, 4.69) is 45.0 Å². The fourth-order valence-electron chi connectivity index (χ4n) is 4.32. The van der Waals surface area contributed by atoms with Gasteiger partial charge in [-0.05, 0) is 68.6 Å². The Bertz CT molecular complexity index is 900. The number of benzene rings is 1. The van der Waals surface area contributed by atoms with Crippen LogP contribution < -0.4 is 0 Å². The molecule has 33 heavy (non-hydrogen) atoms. The Morgan fingerprint density at radius 1 is 1.18 bits per heavy atom. The van der Waals surface area contributed by atoms with E-state index in [1.807, 2.05) is 0 Å². The van der Waals surface area contributed by atoms with Crippen molar-refractivity contribution in [1.82, 2.24) is 4.98 Å². The first-order valence-corrected chi connectivity index (χ1v) is 12.2. The zero-order valence-corrected chi connectivity index (χ0v) is 20.7. The van der Waals surface area contributed by atoms with E-state index < -0.39 is 11.6 Å². The number of oxazole rings is 1. The van der Waals surface area contributed by atoms with Crippen LogP contribution in [0.25, 0.3) is 11.5 Å². The number of aryl methyl sites for hydroxylation is 1. The molecule has 0 radical (unpaired) electrons. The fourth-order valence-corrected chi connectivity index (χ4v) is 4.32.